The van der Waals surface area contributed by atoms with Gasteiger partial charge in [-0.3, -0.25) is 14.5 Å². The van der Waals surface area contributed by atoms with Gasteiger partial charge in [-0.1, -0.05) is 12.8 Å². The van der Waals surface area contributed by atoms with Crippen LogP contribution in [0.2, 0.25) is 0 Å². The topological polar surface area (TPSA) is 82.8 Å². The van der Waals surface area contributed by atoms with Crippen LogP contribution in [0.4, 0.5) is 0 Å². The molecule has 0 spiro atoms. The van der Waals surface area contributed by atoms with Crippen LogP contribution in [-0.2, 0) is 11.3 Å². The van der Waals surface area contributed by atoms with Gasteiger partial charge in [-0.25, -0.2) is 0 Å². The van der Waals surface area contributed by atoms with E-state index < -0.39 is 11.4 Å². The fraction of sp³-hybridized carbons (Fsp3) is 0.571. The molecule has 2 rings (SSSR count). The minimum Gasteiger partial charge on any atom is -0.503 e. The van der Waals surface area contributed by atoms with Crippen molar-refractivity contribution in [1.82, 2.24) is 9.47 Å². The standard InChI is InChI=1S/C14H20N2O4/c1-15(9-14(19)20)7-11-6-12(17)13(18)8-16(11)10-4-2-3-5-10/h6,8,10,18H,2-5,7,9H2,1H3,(H,19,20). The number of likely N-dealkylation sites (N-methyl/N-ethyl adjacent to an activating group) is 1. The minimum absolute atomic E-state index is 0.0836. The lowest BCUT2D eigenvalue weighted by atomic mass is 10.2. The van der Waals surface area contributed by atoms with Crippen LogP contribution in [0.5, 0.6) is 5.75 Å². The Kier molecular flexibility index (Phi) is 4.44. The number of hydrogen-bond acceptors (Lipinski definition) is 4. The van der Waals surface area contributed by atoms with Crippen molar-refractivity contribution < 1.29 is 15.0 Å². The van der Waals surface area contributed by atoms with Crippen molar-refractivity contribution >= 4 is 5.97 Å². The first-order valence-corrected chi connectivity index (χ1v) is 6.81. The fourth-order valence-corrected chi connectivity index (χ4v) is 2.79. The summed E-state index contributed by atoms with van der Waals surface area (Å²) in [5, 5.41) is 18.4. The van der Waals surface area contributed by atoms with E-state index in [9.17, 15) is 14.7 Å². The fourth-order valence-electron chi connectivity index (χ4n) is 2.79. The molecule has 0 amide bonds. The van der Waals surface area contributed by atoms with E-state index in [1.165, 1.54) is 12.3 Å². The highest BCUT2D eigenvalue weighted by Crippen LogP contribution is 2.31. The van der Waals surface area contributed by atoms with Crippen molar-refractivity contribution in [2.45, 2.75) is 38.3 Å². The molecule has 2 N–H and O–H groups in total. The van der Waals surface area contributed by atoms with E-state index in [1.54, 1.807) is 11.9 Å². The Hall–Kier alpha value is -1.82. The molecule has 1 aromatic heterocycles. The van der Waals surface area contributed by atoms with Crippen molar-refractivity contribution in [1.29, 1.82) is 0 Å². The summed E-state index contributed by atoms with van der Waals surface area (Å²) in [7, 11) is 1.70. The van der Waals surface area contributed by atoms with Gasteiger partial charge in [0.05, 0.1) is 12.7 Å². The average molecular weight is 280 g/mol. The first kappa shape index (κ1) is 14.6. The molecule has 0 radical (unpaired) electrons. The number of nitrogens with zero attached hydrogens (tertiary/aromatic N) is 2. The molecule has 1 aromatic rings. The molecule has 0 aromatic carbocycles. The number of pyridine rings is 1. The molecule has 110 valence electrons. The van der Waals surface area contributed by atoms with Gasteiger partial charge in [0.25, 0.3) is 0 Å². The van der Waals surface area contributed by atoms with E-state index in [2.05, 4.69) is 0 Å². The Morgan fingerprint density at radius 2 is 2.10 bits per heavy atom. The molecular weight excluding hydrogens is 260 g/mol. The summed E-state index contributed by atoms with van der Waals surface area (Å²) in [5.74, 6) is -1.15. The van der Waals surface area contributed by atoms with E-state index in [0.717, 1.165) is 31.4 Å². The number of aromatic nitrogens is 1. The van der Waals surface area contributed by atoms with Crippen LogP contribution < -0.4 is 5.43 Å². The highest BCUT2D eigenvalue weighted by atomic mass is 16.4. The maximum Gasteiger partial charge on any atom is 0.317 e. The molecule has 0 atom stereocenters. The summed E-state index contributed by atoms with van der Waals surface area (Å²) in [5.41, 5.74) is 0.335. The molecule has 0 aliphatic heterocycles. The van der Waals surface area contributed by atoms with E-state index in [4.69, 9.17) is 5.11 Å². The zero-order valence-electron chi connectivity index (χ0n) is 11.6. The summed E-state index contributed by atoms with van der Waals surface area (Å²) < 4.78 is 1.93. The monoisotopic (exact) mass is 280 g/mol. The van der Waals surface area contributed by atoms with Crippen molar-refractivity contribution in [3.05, 3.63) is 28.2 Å². The van der Waals surface area contributed by atoms with Crippen LogP contribution in [-0.4, -0.2) is 39.2 Å². The van der Waals surface area contributed by atoms with Gasteiger partial charge >= 0.3 is 5.97 Å². The summed E-state index contributed by atoms with van der Waals surface area (Å²) in [6, 6.07) is 1.70. The number of rotatable bonds is 5. The Labute approximate surface area is 117 Å². The van der Waals surface area contributed by atoms with Gasteiger partial charge in [0.2, 0.25) is 5.43 Å². The van der Waals surface area contributed by atoms with Gasteiger partial charge in [-0.15, -0.1) is 0 Å². The van der Waals surface area contributed by atoms with Crippen molar-refractivity contribution in [3.8, 4) is 5.75 Å². The van der Waals surface area contributed by atoms with E-state index in [0.29, 0.717) is 6.54 Å². The molecule has 1 aliphatic carbocycles. The number of hydrogen-bond donors (Lipinski definition) is 2. The Bertz CT molecular complexity index is 547. The van der Waals surface area contributed by atoms with Gasteiger partial charge in [-0.2, -0.15) is 0 Å². The average Bonchev–Trinajstić information content (AvgIpc) is 2.86. The molecule has 1 heterocycles. The largest absolute Gasteiger partial charge is 0.503 e. The van der Waals surface area contributed by atoms with Crippen molar-refractivity contribution in [2.75, 3.05) is 13.6 Å². The number of aromatic hydroxyl groups is 1. The number of carboxylic acids is 1. The predicted molar refractivity (Wildman–Crippen MR) is 73.8 cm³/mol. The summed E-state index contributed by atoms with van der Waals surface area (Å²) >= 11 is 0. The number of carbonyl (C=O) groups is 1. The lowest BCUT2D eigenvalue weighted by Gasteiger charge is -2.23. The maximum atomic E-state index is 11.6. The molecule has 20 heavy (non-hydrogen) atoms. The number of aliphatic carboxylic acids is 1. The normalized spacial score (nSPS) is 15.9. The van der Waals surface area contributed by atoms with Gasteiger partial charge in [0.15, 0.2) is 5.75 Å². The first-order chi connectivity index (χ1) is 9.47. The third-order valence-corrected chi connectivity index (χ3v) is 3.70. The second-order valence-corrected chi connectivity index (χ2v) is 5.43. The zero-order valence-corrected chi connectivity index (χ0v) is 11.6. The maximum absolute atomic E-state index is 11.6. The zero-order chi connectivity index (χ0) is 14.7. The summed E-state index contributed by atoms with van der Waals surface area (Å²) in [6.07, 6.45) is 5.82. The van der Waals surface area contributed by atoms with Crippen LogP contribution in [0, 0.1) is 0 Å². The molecule has 0 saturated heterocycles. The van der Waals surface area contributed by atoms with E-state index >= 15 is 0 Å². The highest BCUT2D eigenvalue weighted by molar-refractivity contribution is 5.69. The first-order valence-electron chi connectivity index (χ1n) is 6.81. The van der Waals surface area contributed by atoms with Gasteiger partial charge in [-0.05, 0) is 19.9 Å². The van der Waals surface area contributed by atoms with Crippen LogP contribution in [0.1, 0.15) is 37.4 Å². The minimum atomic E-state index is -0.902. The third kappa shape index (κ3) is 3.39. The Balaban J connectivity index is 2.27. The van der Waals surface area contributed by atoms with Gasteiger partial charge in [0, 0.05) is 24.3 Å². The van der Waals surface area contributed by atoms with Gasteiger partial charge in [0.1, 0.15) is 0 Å². The van der Waals surface area contributed by atoms with Crippen molar-refractivity contribution in [3.63, 3.8) is 0 Å². The van der Waals surface area contributed by atoms with Crippen LogP contribution in [0.25, 0.3) is 0 Å². The second-order valence-electron chi connectivity index (χ2n) is 5.43. The lowest BCUT2D eigenvalue weighted by Crippen LogP contribution is -2.28. The van der Waals surface area contributed by atoms with Crippen LogP contribution in [0.3, 0.4) is 0 Å². The Morgan fingerprint density at radius 1 is 1.45 bits per heavy atom. The van der Waals surface area contributed by atoms with Crippen LogP contribution >= 0.6 is 0 Å². The molecule has 1 fully saturated rings. The number of carboxylic acid groups (broad SMARTS) is 1. The predicted octanol–water partition coefficient (Wildman–Crippen LogP) is 1.19. The Morgan fingerprint density at radius 3 is 2.70 bits per heavy atom. The smallest absolute Gasteiger partial charge is 0.317 e. The molecule has 6 heteroatoms. The molecule has 1 saturated carbocycles. The highest BCUT2D eigenvalue weighted by Gasteiger charge is 2.20. The molecular formula is C14H20N2O4. The van der Waals surface area contributed by atoms with Crippen molar-refractivity contribution in [2.24, 2.45) is 0 Å². The quantitative estimate of drug-likeness (QED) is 0.846. The molecule has 0 bridgehead atoms. The SMILES string of the molecule is CN(CC(=O)O)Cc1cc(=O)c(O)cn1C1CCCC1. The molecule has 1 aliphatic rings. The van der Waals surface area contributed by atoms with Gasteiger partial charge < -0.3 is 14.8 Å². The second kappa shape index (κ2) is 6.09. The van der Waals surface area contributed by atoms with E-state index in [-0.39, 0.29) is 18.3 Å². The molecule has 6 nitrogen and oxygen atoms in total. The molecule has 0 unspecified atom stereocenters. The summed E-state index contributed by atoms with van der Waals surface area (Å²) in [6.45, 7) is 0.290. The lowest BCUT2D eigenvalue weighted by molar-refractivity contribution is -0.138. The summed E-state index contributed by atoms with van der Waals surface area (Å²) in [4.78, 5) is 24.0. The van der Waals surface area contributed by atoms with Crippen LogP contribution in [0.15, 0.2) is 17.1 Å². The van der Waals surface area contributed by atoms with E-state index in [1.807, 2.05) is 4.57 Å². The third-order valence-electron chi connectivity index (χ3n) is 3.70.